The van der Waals surface area contributed by atoms with Crippen LogP contribution < -0.4 is 15.7 Å². The van der Waals surface area contributed by atoms with Gasteiger partial charge in [-0.05, 0) is 42.8 Å². The van der Waals surface area contributed by atoms with E-state index in [0.717, 1.165) is 0 Å². The van der Waals surface area contributed by atoms with Crippen LogP contribution >= 0.6 is 0 Å². The van der Waals surface area contributed by atoms with Crippen molar-refractivity contribution in [2.24, 2.45) is 0 Å². The number of nitrogen functional groups attached to an aromatic ring is 2. The van der Waals surface area contributed by atoms with E-state index in [-0.39, 0.29) is 16.3 Å². The van der Waals surface area contributed by atoms with Crippen LogP contribution in [0.5, 0.6) is 5.75 Å². The minimum atomic E-state index is -3.91. The summed E-state index contributed by atoms with van der Waals surface area (Å²) in [6, 6.07) is 10.8. The van der Waals surface area contributed by atoms with Crippen molar-refractivity contribution in [3.8, 4) is 5.75 Å². The zero-order valence-corrected chi connectivity index (χ0v) is 11.1. The number of anilines is 2. The maximum Gasteiger partial charge on any atom is 0.339 e. The van der Waals surface area contributed by atoms with Crippen LogP contribution in [0.4, 0.5) is 11.4 Å². The molecule has 2 rings (SSSR count). The van der Waals surface area contributed by atoms with Gasteiger partial charge in [-0.15, -0.1) is 0 Å². The number of hydrogen-bond donors (Lipinski definition) is 2. The van der Waals surface area contributed by atoms with Gasteiger partial charge < -0.3 is 15.7 Å². The van der Waals surface area contributed by atoms with Crippen LogP contribution in [0.1, 0.15) is 5.56 Å². The summed E-state index contributed by atoms with van der Waals surface area (Å²) < 4.78 is 29.3. The smallest absolute Gasteiger partial charge is 0.339 e. The number of hydrogen-bond acceptors (Lipinski definition) is 5. The lowest BCUT2D eigenvalue weighted by molar-refractivity contribution is 0.485. The number of benzene rings is 2. The van der Waals surface area contributed by atoms with Crippen molar-refractivity contribution in [2.75, 3.05) is 11.5 Å². The normalized spacial score (nSPS) is 11.2. The monoisotopic (exact) mass is 278 g/mol. The summed E-state index contributed by atoms with van der Waals surface area (Å²) >= 11 is 0. The maximum atomic E-state index is 12.1. The van der Waals surface area contributed by atoms with Crippen molar-refractivity contribution >= 4 is 21.5 Å². The van der Waals surface area contributed by atoms with Gasteiger partial charge in [0.15, 0.2) is 5.75 Å². The molecule has 2 aromatic carbocycles. The van der Waals surface area contributed by atoms with Crippen LogP contribution in [0.3, 0.4) is 0 Å². The minimum absolute atomic E-state index is 0.0318. The average Bonchev–Trinajstić information content (AvgIpc) is 2.35. The van der Waals surface area contributed by atoms with Gasteiger partial charge in [-0.2, -0.15) is 8.42 Å². The number of para-hydroxylation sites is 1. The Morgan fingerprint density at radius 2 is 1.63 bits per heavy atom. The molecule has 19 heavy (non-hydrogen) atoms. The fourth-order valence-electron chi connectivity index (χ4n) is 1.58. The molecule has 0 atom stereocenters. The molecule has 0 saturated carbocycles. The first kappa shape index (κ1) is 13.2. The zero-order valence-electron chi connectivity index (χ0n) is 10.3. The van der Waals surface area contributed by atoms with E-state index in [1.165, 1.54) is 24.3 Å². The lowest BCUT2D eigenvalue weighted by atomic mass is 10.2. The third-order valence-electron chi connectivity index (χ3n) is 2.60. The van der Waals surface area contributed by atoms with Gasteiger partial charge in [0, 0.05) is 5.69 Å². The molecule has 0 amide bonds. The summed E-state index contributed by atoms with van der Waals surface area (Å²) in [5, 5.41) is 0. The van der Waals surface area contributed by atoms with Gasteiger partial charge in [0.1, 0.15) is 4.90 Å². The SMILES string of the molecule is Cc1cccc(N)c1OS(=O)(=O)c1ccc(N)cc1. The first-order valence-electron chi connectivity index (χ1n) is 5.55. The van der Waals surface area contributed by atoms with Gasteiger partial charge >= 0.3 is 10.1 Å². The summed E-state index contributed by atoms with van der Waals surface area (Å²) in [5.41, 5.74) is 12.6. The minimum Gasteiger partial charge on any atom is -0.399 e. The second-order valence-corrected chi connectivity index (χ2v) is 5.65. The van der Waals surface area contributed by atoms with Gasteiger partial charge in [-0.1, -0.05) is 12.1 Å². The molecule has 0 aliphatic carbocycles. The lowest BCUT2D eigenvalue weighted by Gasteiger charge is -2.11. The Balaban J connectivity index is 2.39. The molecule has 6 heteroatoms. The highest BCUT2D eigenvalue weighted by molar-refractivity contribution is 7.87. The Morgan fingerprint density at radius 3 is 2.21 bits per heavy atom. The molecule has 2 aromatic rings. The highest BCUT2D eigenvalue weighted by Crippen LogP contribution is 2.28. The first-order valence-corrected chi connectivity index (χ1v) is 6.96. The van der Waals surface area contributed by atoms with Crippen molar-refractivity contribution in [2.45, 2.75) is 11.8 Å². The van der Waals surface area contributed by atoms with Crippen molar-refractivity contribution < 1.29 is 12.6 Å². The Hall–Kier alpha value is -2.21. The number of aryl methyl sites for hydroxylation is 1. The van der Waals surface area contributed by atoms with Crippen LogP contribution in [-0.2, 0) is 10.1 Å². The van der Waals surface area contributed by atoms with Gasteiger partial charge in [0.25, 0.3) is 0 Å². The molecule has 0 saturated heterocycles. The third kappa shape index (κ3) is 2.79. The molecule has 0 aromatic heterocycles. The van der Waals surface area contributed by atoms with Crippen molar-refractivity contribution in [1.82, 2.24) is 0 Å². The molecule has 0 unspecified atom stereocenters. The van der Waals surface area contributed by atoms with E-state index in [4.69, 9.17) is 15.7 Å². The van der Waals surface area contributed by atoms with Gasteiger partial charge in [0.2, 0.25) is 0 Å². The molecule has 0 radical (unpaired) electrons. The molecule has 5 nitrogen and oxygen atoms in total. The molecule has 4 N–H and O–H groups in total. The van der Waals surface area contributed by atoms with E-state index >= 15 is 0 Å². The number of rotatable bonds is 3. The summed E-state index contributed by atoms with van der Waals surface area (Å²) in [6.45, 7) is 1.73. The zero-order chi connectivity index (χ0) is 14.0. The van der Waals surface area contributed by atoms with Crippen molar-refractivity contribution in [3.05, 3.63) is 48.0 Å². The van der Waals surface area contributed by atoms with E-state index in [0.29, 0.717) is 11.3 Å². The van der Waals surface area contributed by atoms with Crippen LogP contribution in [0.15, 0.2) is 47.4 Å². The molecule has 0 aliphatic heterocycles. The molecule has 0 fully saturated rings. The second kappa shape index (κ2) is 4.81. The standard InChI is InChI=1S/C13H14N2O3S/c1-9-3-2-4-12(15)13(9)18-19(16,17)11-7-5-10(14)6-8-11/h2-8H,14-15H2,1H3. The molecule has 0 aliphatic rings. The largest absolute Gasteiger partial charge is 0.399 e. The topological polar surface area (TPSA) is 95.4 Å². The Bertz CT molecular complexity index is 674. The molecule has 0 bridgehead atoms. The molecule has 0 spiro atoms. The summed E-state index contributed by atoms with van der Waals surface area (Å²) in [7, 11) is -3.91. The lowest BCUT2D eigenvalue weighted by Crippen LogP contribution is -2.11. The van der Waals surface area contributed by atoms with E-state index < -0.39 is 10.1 Å². The third-order valence-corrected chi connectivity index (χ3v) is 3.84. The summed E-state index contributed by atoms with van der Waals surface area (Å²) in [6.07, 6.45) is 0. The fourth-order valence-corrected chi connectivity index (χ4v) is 2.59. The Kier molecular flexibility index (Phi) is 3.35. The van der Waals surface area contributed by atoms with E-state index in [9.17, 15) is 8.42 Å². The van der Waals surface area contributed by atoms with E-state index in [1.807, 2.05) is 0 Å². The van der Waals surface area contributed by atoms with E-state index in [1.54, 1.807) is 25.1 Å². The molecule has 0 heterocycles. The molecular formula is C13H14N2O3S. The number of nitrogens with two attached hydrogens (primary N) is 2. The van der Waals surface area contributed by atoms with Gasteiger partial charge in [-0.3, -0.25) is 0 Å². The predicted molar refractivity (Wildman–Crippen MR) is 74.3 cm³/mol. The molecular weight excluding hydrogens is 264 g/mol. The van der Waals surface area contributed by atoms with E-state index in [2.05, 4.69) is 0 Å². The van der Waals surface area contributed by atoms with Crippen LogP contribution in [0.2, 0.25) is 0 Å². The van der Waals surface area contributed by atoms with Gasteiger partial charge in [0.05, 0.1) is 5.69 Å². The Labute approximate surface area is 111 Å². The summed E-state index contributed by atoms with van der Waals surface area (Å²) in [4.78, 5) is 0.0318. The fraction of sp³-hybridized carbons (Fsp3) is 0.0769. The molecule has 100 valence electrons. The summed E-state index contributed by atoms with van der Waals surface area (Å²) in [5.74, 6) is 0.152. The van der Waals surface area contributed by atoms with Gasteiger partial charge in [-0.25, -0.2) is 0 Å². The van der Waals surface area contributed by atoms with Crippen LogP contribution in [0, 0.1) is 6.92 Å². The average molecular weight is 278 g/mol. The van der Waals surface area contributed by atoms with Crippen LogP contribution in [0.25, 0.3) is 0 Å². The highest BCUT2D eigenvalue weighted by Gasteiger charge is 2.19. The van der Waals surface area contributed by atoms with Crippen molar-refractivity contribution in [1.29, 1.82) is 0 Å². The van der Waals surface area contributed by atoms with Crippen LogP contribution in [-0.4, -0.2) is 8.42 Å². The maximum absolute atomic E-state index is 12.1. The predicted octanol–water partition coefficient (Wildman–Crippen LogP) is 1.93. The quantitative estimate of drug-likeness (QED) is 0.660. The first-order chi connectivity index (χ1) is 8.90. The Morgan fingerprint density at radius 1 is 1.00 bits per heavy atom. The van der Waals surface area contributed by atoms with Crippen molar-refractivity contribution in [3.63, 3.8) is 0 Å². The second-order valence-electron chi connectivity index (χ2n) is 4.10. The highest BCUT2D eigenvalue weighted by atomic mass is 32.2.